The molecule has 96 valence electrons. The molecular formula is C12H17N5O. The fourth-order valence-corrected chi connectivity index (χ4v) is 1.82. The Morgan fingerprint density at radius 3 is 2.89 bits per heavy atom. The van der Waals surface area contributed by atoms with Gasteiger partial charge in [-0.05, 0) is 35.9 Å². The number of nitrogens with zero attached hydrogens (tertiary/aromatic N) is 4. The number of nitrogens with two attached hydrogens (primary N) is 1. The third-order valence-electron chi connectivity index (χ3n) is 2.89. The SMILES string of the molecule is COC(C)Cn1nnnc1-c1c(C)cccc1N. The number of methoxy groups -OCH3 is 1. The molecule has 0 fully saturated rings. The van der Waals surface area contributed by atoms with Crippen LogP contribution in [0.25, 0.3) is 11.4 Å². The van der Waals surface area contributed by atoms with Crippen LogP contribution >= 0.6 is 0 Å². The number of hydrogen-bond acceptors (Lipinski definition) is 5. The Morgan fingerprint density at radius 2 is 2.22 bits per heavy atom. The zero-order valence-electron chi connectivity index (χ0n) is 10.8. The molecule has 0 bridgehead atoms. The van der Waals surface area contributed by atoms with Crippen molar-refractivity contribution in [3.05, 3.63) is 23.8 Å². The van der Waals surface area contributed by atoms with E-state index < -0.39 is 0 Å². The predicted octanol–water partition coefficient (Wildman–Crippen LogP) is 1.27. The van der Waals surface area contributed by atoms with Gasteiger partial charge in [0.15, 0.2) is 5.82 Å². The van der Waals surface area contributed by atoms with E-state index in [0.717, 1.165) is 11.1 Å². The summed E-state index contributed by atoms with van der Waals surface area (Å²) in [6.07, 6.45) is 0.0393. The van der Waals surface area contributed by atoms with Crippen LogP contribution in [0.3, 0.4) is 0 Å². The summed E-state index contributed by atoms with van der Waals surface area (Å²) >= 11 is 0. The molecular weight excluding hydrogens is 230 g/mol. The number of aromatic nitrogens is 4. The molecule has 0 aliphatic rings. The van der Waals surface area contributed by atoms with E-state index in [2.05, 4.69) is 15.5 Å². The highest BCUT2D eigenvalue weighted by Gasteiger charge is 2.15. The average Bonchev–Trinajstić information content (AvgIpc) is 2.77. The summed E-state index contributed by atoms with van der Waals surface area (Å²) in [6, 6.07) is 5.76. The van der Waals surface area contributed by atoms with E-state index in [0.29, 0.717) is 18.1 Å². The first kappa shape index (κ1) is 12.5. The molecule has 0 aliphatic heterocycles. The highest BCUT2D eigenvalue weighted by atomic mass is 16.5. The van der Waals surface area contributed by atoms with Crippen LogP contribution in [0.15, 0.2) is 18.2 Å². The highest BCUT2D eigenvalue weighted by molar-refractivity contribution is 5.74. The monoisotopic (exact) mass is 247 g/mol. The average molecular weight is 247 g/mol. The molecule has 0 saturated carbocycles. The second-order valence-electron chi connectivity index (χ2n) is 4.27. The fraction of sp³-hybridized carbons (Fsp3) is 0.417. The standard InChI is InChI=1S/C12H17N5O/c1-8-5-4-6-10(13)11(8)12-14-15-16-17(12)7-9(2)18-3/h4-6,9H,7,13H2,1-3H3. The second kappa shape index (κ2) is 5.14. The van der Waals surface area contributed by atoms with Crippen molar-refractivity contribution in [2.24, 2.45) is 0 Å². The molecule has 1 aromatic carbocycles. The summed E-state index contributed by atoms with van der Waals surface area (Å²) in [4.78, 5) is 0. The lowest BCUT2D eigenvalue weighted by Crippen LogP contribution is -2.17. The van der Waals surface area contributed by atoms with Crippen molar-refractivity contribution in [2.75, 3.05) is 12.8 Å². The first-order valence-corrected chi connectivity index (χ1v) is 5.78. The van der Waals surface area contributed by atoms with E-state index in [-0.39, 0.29) is 6.10 Å². The van der Waals surface area contributed by atoms with Crippen molar-refractivity contribution in [3.8, 4) is 11.4 Å². The van der Waals surface area contributed by atoms with Gasteiger partial charge in [0.2, 0.25) is 0 Å². The van der Waals surface area contributed by atoms with Gasteiger partial charge < -0.3 is 10.5 Å². The minimum Gasteiger partial charge on any atom is -0.398 e. The maximum atomic E-state index is 6.00. The van der Waals surface area contributed by atoms with Crippen molar-refractivity contribution in [3.63, 3.8) is 0 Å². The lowest BCUT2D eigenvalue weighted by Gasteiger charge is -2.12. The molecule has 6 heteroatoms. The molecule has 2 aromatic rings. The summed E-state index contributed by atoms with van der Waals surface area (Å²) in [5.41, 5.74) is 8.61. The molecule has 0 aliphatic carbocycles. The molecule has 2 N–H and O–H groups in total. The van der Waals surface area contributed by atoms with E-state index in [1.54, 1.807) is 11.8 Å². The molecule has 1 unspecified atom stereocenters. The molecule has 0 saturated heterocycles. The zero-order chi connectivity index (χ0) is 13.1. The Labute approximate surface area is 106 Å². The number of benzene rings is 1. The number of hydrogen-bond donors (Lipinski definition) is 1. The minimum absolute atomic E-state index is 0.0393. The first-order chi connectivity index (χ1) is 8.63. The lowest BCUT2D eigenvalue weighted by atomic mass is 10.1. The third kappa shape index (κ3) is 2.33. The topological polar surface area (TPSA) is 78.8 Å². The van der Waals surface area contributed by atoms with Gasteiger partial charge in [-0.3, -0.25) is 0 Å². The summed E-state index contributed by atoms with van der Waals surface area (Å²) in [5.74, 6) is 0.675. The number of anilines is 1. The zero-order valence-corrected chi connectivity index (χ0v) is 10.8. The van der Waals surface area contributed by atoms with E-state index in [1.807, 2.05) is 32.0 Å². The van der Waals surface area contributed by atoms with Gasteiger partial charge in [-0.15, -0.1) is 5.10 Å². The van der Waals surface area contributed by atoms with Gasteiger partial charge in [0.05, 0.1) is 12.6 Å². The number of aryl methyl sites for hydroxylation is 1. The van der Waals surface area contributed by atoms with Crippen LogP contribution in [-0.4, -0.2) is 33.4 Å². The van der Waals surface area contributed by atoms with E-state index >= 15 is 0 Å². The van der Waals surface area contributed by atoms with Gasteiger partial charge in [0.1, 0.15) is 0 Å². The van der Waals surface area contributed by atoms with E-state index in [4.69, 9.17) is 10.5 Å². The summed E-state index contributed by atoms with van der Waals surface area (Å²) in [6.45, 7) is 4.55. The smallest absolute Gasteiger partial charge is 0.184 e. The van der Waals surface area contributed by atoms with Crippen molar-refractivity contribution >= 4 is 5.69 Å². The fourth-order valence-electron chi connectivity index (χ4n) is 1.82. The van der Waals surface area contributed by atoms with Crippen LogP contribution in [0.4, 0.5) is 5.69 Å². The minimum atomic E-state index is 0.0393. The Kier molecular flexibility index (Phi) is 3.57. The van der Waals surface area contributed by atoms with Crippen LogP contribution in [-0.2, 0) is 11.3 Å². The predicted molar refractivity (Wildman–Crippen MR) is 68.9 cm³/mol. The van der Waals surface area contributed by atoms with Gasteiger partial charge in [0, 0.05) is 18.4 Å². The number of tetrazole rings is 1. The molecule has 0 spiro atoms. The third-order valence-corrected chi connectivity index (χ3v) is 2.89. The van der Waals surface area contributed by atoms with Gasteiger partial charge in [0.25, 0.3) is 0 Å². The van der Waals surface area contributed by atoms with Crippen LogP contribution < -0.4 is 5.73 Å². The molecule has 1 heterocycles. The Hall–Kier alpha value is -1.95. The molecule has 2 rings (SSSR count). The van der Waals surface area contributed by atoms with E-state index in [1.165, 1.54) is 0 Å². The Morgan fingerprint density at radius 1 is 1.44 bits per heavy atom. The lowest BCUT2D eigenvalue weighted by molar-refractivity contribution is 0.0997. The Bertz CT molecular complexity index is 517. The molecule has 1 aromatic heterocycles. The van der Waals surface area contributed by atoms with Crippen molar-refractivity contribution in [1.82, 2.24) is 20.2 Å². The van der Waals surface area contributed by atoms with Gasteiger partial charge >= 0.3 is 0 Å². The maximum absolute atomic E-state index is 6.00. The maximum Gasteiger partial charge on any atom is 0.184 e. The van der Waals surface area contributed by atoms with Gasteiger partial charge in [-0.25, -0.2) is 4.68 Å². The molecule has 6 nitrogen and oxygen atoms in total. The normalized spacial score (nSPS) is 12.6. The van der Waals surface area contributed by atoms with E-state index in [9.17, 15) is 0 Å². The van der Waals surface area contributed by atoms with Crippen molar-refractivity contribution in [2.45, 2.75) is 26.5 Å². The van der Waals surface area contributed by atoms with Gasteiger partial charge in [-0.2, -0.15) is 0 Å². The molecule has 0 radical (unpaired) electrons. The molecule has 1 atom stereocenters. The second-order valence-corrected chi connectivity index (χ2v) is 4.27. The van der Waals surface area contributed by atoms with Crippen LogP contribution in [0.2, 0.25) is 0 Å². The summed E-state index contributed by atoms with van der Waals surface area (Å²) in [5, 5.41) is 11.8. The number of ether oxygens (including phenoxy) is 1. The summed E-state index contributed by atoms with van der Waals surface area (Å²) in [7, 11) is 1.66. The molecule has 0 amide bonds. The van der Waals surface area contributed by atoms with Crippen LogP contribution in [0.5, 0.6) is 0 Å². The Balaban J connectivity index is 2.43. The number of rotatable bonds is 4. The van der Waals surface area contributed by atoms with Crippen LogP contribution in [0.1, 0.15) is 12.5 Å². The van der Waals surface area contributed by atoms with Crippen molar-refractivity contribution in [1.29, 1.82) is 0 Å². The van der Waals surface area contributed by atoms with Crippen molar-refractivity contribution < 1.29 is 4.74 Å². The molecule has 18 heavy (non-hydrogen) atoms. The first-order valence-electron chi connectivity index (χ1n) is 5.78. The quantitative estimate of drug-likeness (QED) is 0.823. The summed E-state index contributed by atoms with van der Waals surface area (Å²) < 4.78 is 6.94. The highest BCUT2D eigenvalue weighted by Crippen LogP contribution is 2.27. The van der Waals surface area contributed by atoms with Gasteiger partial charge in [-0.1, -0.05) is 12.1 Å². The largest absolute Gasteiger partial charge is 0.398 e. The van der Waals surface area contributed by atoms with Crippen LogP contribution in [0, 0.1) is 6.92 Å². The number of nitrogen functional groups attached to an aromatic ring is 1.